The Morgan fingerprint density at radius 1 is 1.03 bits per heavy atom. The highest BCUT2D eigenvalue weighted by Gasteiger charge is 2.60. The van der Waals surface area contributed by atoms with Crippen LogP contribution < -0.4 is 4.31 Å². The first kappa shape index (κ1) is 24.1. The number of rotatable bonds is 4. The average molecular weight is 483 g/mol. The van der Waals surface area contributed by atoms with Gasteiger partial charge < -0.3 is 14.2 Å². The molecular formula is C19H17F6N2O4S-. The lowest BCUT2D eigenvalue weighted by Gasteiger charge is -2.40. The summed E-state index contributed by atoms with van der Waals surface area (Å²) in [6.07, 6.45) is -17.6. The van der Waals surface area contributed by atoms with E-state index in [1.807, 2.05) is 12.1 Å². The first-order valence-corrected chi connectivity index (χ1v) is 10.4. The van der Waals surface area contributed by atoms with E-state index in [-0.39, 0.29) is 25.9 Å². The number of benzene rings is 2. The number of hydrogen-bond acceptors (Lipinski definition) is 4. The van der Waals surface area contributed by atoms with Crippen LogP contribution in [0.5, 0.6) is 0 Å². The van der Waals surface area contributed by atoms with Gasteiger partial charge in [0.2, 0.25) is 0 Å². The number of likely N-dealkylation sites (tertiary alicyclic amines) is 1. The fraction of sp³-hybridized carbons (Fsp3) is 0.421. The highest BCUT2D eigenvalue weighted by Crippen LogP contribution is 2.36. The van der Waals surface area contributed by atoms with Crippen molar-refractivity contribution in [1.82, 2.24) is 4.90 Å². The van der Waals surface area contributed by atoms with E-state index in [2.05, 4.69) is 4.74 Å². The van der Waals surface area contributed by atoms with E-state index in [9.17, 15) is 39.9 Å². The first-order valence-electron chi connectivity index (χ1n) is 9.34. The van der Waals surface area contributed by atoms with E-state index in [1.54, 1.807) is 30.3 Å². The van der Waals surface area contributed by atoms with E-state index in [4.69, 9.17) is 0 Å². The van der Waals surface area contributed by atoms with Gasteiger partial charge in [-0.25, -0.2) is 4.79 Å². The summed E-state index contributed by atoms with van der Waals surface area (Å²) < 4.78 is 104. The lowest BCUT2D eigenvalue weighted by molar-refractivity contribution is -0.308. The topological polar surface area (TPSA) is 72.9 Å². The molecule has 0 N–H and O–H groups in total. The van der Waals surface area contributed by atoms with Crippen molar-refractivity contribution in [3.8, 4) is 0 Å². The summed E-state index contributed by atoms with van der Waals surface area (Å²) >= 11 is -2.70. The van der Waals surface area contributed by atoms with E-state index in [0.29, 0.717) is 10.6 Å². The third kappa shape index (κ3) is 5.44. The zero-order valence-electron chi connectivity index (χ0n) is 16.2. The summed E-state index contributed by atoms with van der Waals surface area (Å²) in [5.41, 5.74) is 0.354. The van der Waals surface area contributed by atoms with Gasteiger partial charge in [0.05, 0.1) is 0 Å². The Labute approximate surface area is 181 Å². The number of piperidine rings is 1. The van der Waals surface area contributed by atoms with Crippen LogP contribution in [-0.4, -0.2) is 57.3 Å². The fourth-order valence-corrected chi connectivity index (χ4v) is 4.25. The number of ether oxygens (including phenoxy) is 1. The van der Waals surface area contributed by atoms with Crippen molar-refractivity contribution < 1.29 is 44.6 Å². The molecule has 2 aromatic rings. The molecule has 1 heterocycles. The first-order chi connectivity index (χ1) is 14.9. The van der Waals surface area contributed by atoms with E-state index >= 15 is 0 Å². The van der Waals surface area contributed by atoms with Gasteiger partial charge in [0.25, 0.3) is 6.10 Å². The van der Waals surface area contributed by atoms with Crippen LogP contribution in [0.4, 0.5) is 36.8 Å². The van der Waals surface area contributed by atoms with Crippen molar-refractivity contribution >= 4 is 33.8 Å². The number of carbonyl (C=O) groups is 1. The minimum Gasteiger partial charge on any atom is -0.755 e. The second-order valence-corrected chi connectivity index (χ2v) is 7.97. The molecule has 0 spiro atoms. The molecule has 1 unspecified atom stereocenters. The van der Waals surface area contributed by atoms with Gasteiger partial charge in [-0.2, -0.15) is 26.3 Å². The van der Waals surface area contributed by atoms with Crippen LogP contribution in [0, 0.1) is 0 Å². The molecule has 1 aliphatic heterocycles. The fourth-order valence-electron chi connectivity index (χ4n) is 3.51. The molecule has 1 amide bonds. The molecule has 0 saturated carbocycles. The van der Waals surface area contributed by atoms with Crippen LogP contribution in [0.15, 0.2) is 42.5 Å². The molecule has 0 aliphatic carbocycles. The highest BCUT2D eigenvalue weighted by molar-refractivity contribution is 7.80. The largest absolute Gasteiger partial charge is 0.755 e. The van der Waals surface area contributed by atoms with Gasteiger partial charge in [-0.3, -0.25) is 8.51 Å². The van der Waals surface area contributed by atoms with Gasteiger partial charge >= 0.3 is 18.4 Å². The van der Waals surface area contributed by atoms with Gasteiger partial charge in [0.1, 0.15) is 0 Å². The Balaban J connectivity index is 1.70. The lowest BCUT2D eigenvalue weighted by atomic mass is 10.0. The molecule has 1 atom stereocenters. The predicted molar refractivity (Wildman–Crippen MR) is 102 cm³/mol. The maximum Gasteiger partial charge on any atom is 0.434 e. The minimum absolute atomic E-state index is 0.00138. The molecule has 32 heavy (non-hydrogen) atoms. The van der Waals surface area contributed by atoms with Gasteiger partial charge in [-0.05, 0) is 35.7 Å². The summed E-state index contributed by atoms with van der Waals surface area (Å²) in [7, 11) is 0. The van der Waals surface area contributed by atoms with Crippen LogP contribution in [0.3, 0.4) is 0 Å². The van der Waals surface area contributed by atoms with Crippen LogP contribution in [0.2, 0.25) is 0 Å². The Kier molecular flexibility index (Phi) is 6.89. The van der Waals surface area contributed by atoms with Crippen molar-refractivity contribution in [3.63, 3.8) is 0 Å². The summed E-state index contributed by atoms with van der Waals surface area (Å²) in [5, 5.41) is 1.67. The van der Waals surface area contributed by atoms with E-state index < -0.39 is 41.9 Å². The summed E-state index contributed by atoms with van der Waals surface area (Å²) in [5.74, 6) is 0. The quantitative estimate of drug-likeness (QED) is 0.473. The second-order valence-electron chi connectivity index (χ2n) is 7.14. The van der Waals surface area contributed by atoms with E-state index in [1.165, 1.54) is 0 Å². The molecule has 1 fully saturated rings. The highest BCUT2D eigenvalue weighted by atomic mass is 32.2. The second kappa shape index (κ2) is 9.14. The number of amides is 1. The minimum atomic E-state index is -5.81. The molecule has 2 aromatic carbocycles. The molecule has 0 aromatic heterocycles. The molecule has 1 saturated heterocycles. The average Bonchev–Trinajstić information content (AvgIpc) is 2.70. The van der Waals surface area contributed by atoms with Gasteiger partial charge in [0.15, 0.2) is 0 Å². The van der Waals surface area contributed by atoms with E-state index in [0.717, 1.165) is 15.1 Å². The van der Waals surface area contributed by atoms with Gasteiger partial charge in [0, 0.05) is 36.1 Å². The normalized spacial score (nSPS) is 16.9. The molecule has 0 bridgehead atoms. The molecule has 1 aliphatic rings. The Bertz CT molecular complexity index is 978. The van der Waals surface area contributed by atoms with Crippen molar-refractivity contribution in [2.45, 2.75) is 37.3 Å². The summed E-state index contributed by atoms with van der Waals surface area (Å²) in [6, 6.07) is 11.6. The Hall–Kier alpha value is -2.54. The molecule has 13 heteroatoms. The Morgan fingerprint density at radius 2 is 1.59 bits per heavy atom. The number of carbonyl (C=O) groups excluding carboxylic acids is 1. The molecular weight excluding hydrogens is 466 g/mol. The van der Waals surface area contributed by atoms with Gasteiger partial charge in [-0.15, -0.1) is 0 Å². The SMILES string of the molecule is O=C(OC(C(F)(F)F)C(F)(F)F)N1CCC(N(c2ccc3ccccc3c2)S(=O)[O-])CC1. The van der Waals surface area contributed by atoms with Crippen LogP contribution in [0.25, 0.3) is 10.8 Å². The lowest BCUT2D eigenvalue weighted by Crippen LogP contribution is -2.51. The smallest absolute Gasteiger partial charge is 0.434 e. The molecule has 6 nitrogen and oxygen atoms in total. The summed E-state index contributed by atoms with van der Waals surface area (Å²) in [4.78, 5) is 12.6. The zero-order valence-corrected chi connectivity index (χ0v) is 17.0. The van der Waals surface area contributed by atoms with Crippen LogP contribution in [-0.2, 0) is 16.0 Å². The third-order valence-corrected chi connectivity index (χ3v) is 5.85. The monoisotopic (exact) mass is 483 g/mol. The maximum atomic E-state index is 12.6. The number of halogens is 6. The Morgan fingerprint density at radius 3 is 2.12 bits per heavy atom. The number of alkyl halides is 6. The number of fused-ring (bicyclic) bond motifs is 1. The van der Waals surface area contributed by atoms with Crippen LogP contribution in [0.1, 0.15) is 12.8 Å². The van der Waals surface area contributed by atoms with Crippen molar-refractivity contribution in [2.75, 3.05) is 17.4 Å². The maximum absolute atomic E-state index is 12.6. The predicted octanol–water partition coefficient (Wildman–Crippen LogP) is 4.53. The van der Waals surface area contributed by atoms with Crippen molar-refractivity contribution in [2.24, 2.45) is 0 Å². The van der Waals surface area contributed by atoms with Crippen LogP contribution >= 0.6 is 0 Å². The third-order valence-electron chi connectivity index (χ3n) is 5.02. The number of anilines is 1. The number of hydrogen-bond donors (Lipinski definition) is 0. The zero-order chi connectivity index (χ0) is 23.7. The molecule has 0 radical (unpaired) electrons. The van der Waals surface area contributed by atoms with Gasteiger partial charge in [-0.1, -0.05) is 30.3 Å². The molecule has 3 rings (SSSR count). The number of nitrogens with zero attached hydrogens (tertiary/aromatic N) is 2. The van der Waals surface area contributed by atoms with Crippen molar-refractivity contribution in [1.29, 1.82) is 0 Å². The molecule has 176 valence electrons. The summed E-state index contributed by atoms with van der Waals surface area (Å²) in [6.45, 7) is -0.541. The van der Waals surface area contributed by atoms with Crippen molar-refractivity contribution in [3.05, 3.63) is 42.5 Å². The standard InChI is InChI=1S/C19H18F6N2O4S/c20-18(21,22)16(19(23,24)25)31-17(28)26-9-7-14(8-10-26)27(32(29)30)15-6-5-12-3-1-2-4-13(12)11-15/h1-6,11,14,16H,7-10H2,(H,29,30)/p-1.